The number of benzene rings is 1. The molecule has 1 aromatic carbocycles. The molecule has 138 valence electrons. The van der Waals surface area contributed by atoms with Crippen LogP contribution in [0.1, 0.15) is 0 Å². The lowest BCUT2D eigenvalue weighted by atomic mass is 10.2. The van der Waals surface area contributed by atoms with Crippen LogP contribution in [0.2, 0.25) is 5.02 Å². The topological polar surface area (TPSA) is 88.2 Å². The third-order valence-corrected chi connectivity index (χ3v) is 6.36. The van der Waals surface area contributed by atoms with Crippen LogP contribution in [-0.2, 0) is 14.6 Å². The van der Waals surface area contributed by atoms with E-state index in [4.69, 9.17) is 22.1 Å². The number of nitrogens with zero attached hydrogens (tertiary/aromatic N) is 3. The molecule has 2 N–H and O–H groups in total. The van der Waals surface area contributed by atoms with Gasteiger partial charge in [0.2, 0.25) is 0 Å². The maximum Gasteiger partial charge on any atom is 0.191 e. The fourth-order valence-corrected chi connectivity index (χ4v) is 4.41. The fourth-order valence-electron chi connectivity index (χ4n) is 3.00. The third-order valence-electron chi connectivity index (χ3n) is 4.44. The Balaban J connectivity index is 1.51. The van der Waals surface area contributed by atoms with E-state index < -0.39 is 15.9 Å². The second kappa shape index (κ2) is 7.80. The summed E-state index contributed by atoms with van der Waals surface area (Å²) < 4.78 is 28.7. The molecule has 0 aliphatic carbocycles. The van der Waals surface area contributed by atoms with Gasteiger partial charge in [-0.25, -0.2) is 8.42 Å². The first-order chi connectivity index (χ1) is 11.9. The molecule has 0 radical (unpaired) electrons. The van der Waals surface area contributed by atoms with Crippen LogP contribution in [0, 0.1) is 0 Å². The summed E-state index contributed by atoms with van der Waals surface area (Å²) in [6.45, 7) is 3.73. The van der Waals surface area contributed by atoms with Crippen LogP contribution in [0.3, 0.4) is 0 Å². The van der Waals surface area contributed by atoms with Gasteiger partial charge in [0.1, 0.15) is 0 Å². The van der Waals surface area contributed by atoms with Gasteiger partial charge < -0.3 is 20.3 Å². The lowest BCUT2D eigenvalue weighted by Gasteiger charge is -2.36. The van der Waals surface area contributed by atoms with Gasteiger partial charge in [0.15, 0.2) is 15.8 Å². The van der Waals surface area contributed by atoms with Crippen molar-refractivity contribution in [2.24, 2.45) is 10.7 Å². The van der Waals surface area contributed by atoms with Gasteiger partial charge in [-0.05, 0) is 24.3 Å². The molecule has 0 bridgehead atoms. The van der Waals surface area contributed by atoms with Gasteiger partial charge in [0, 0.05) is 36.9 Å². The highest BCUT2D eigenvalue weighted by atomic mass is 35.5. The Bertz CT molecular complexity index is 715. The van der Waals surface area contributed by atoms with Gasteiger partial charge >= 0.3 is 0 Å². The first-order valence-electron chi connectivity index (χ1n) is 8.30. The van der Waals surface area contributed by atoms with Crippen LogP contribution >= 0.6 is 11.6 Å². The van der Waals surface area contributed by atoms with Gasteiger partial charge in [0.05, 0.1) is 30.8 Å². The molecule has 1 atom stereocenters. The van der Waals surface area contributed by atoms with Crippen molar-refractivity contribution in [2.75, 3.05) is 55.7 Å². The Morgan fingerprint density at radius 1 is 1.24 bits per heavy atom. The van der Waals surface area contributed by atoms with Crippen molar-refractivity contribution in [1.29, 1.82) is 0 Å². The van der Waals surface area contributed by atoms with E-state index in [2.05, 4.69) is 9.89 Å². The Morgan fingerprint density at radius 2 is 1.92 bits per heavy atom. The van der Waals surface area contributed by atoms with Crippen molar-refractivity contribution in [3.63, 3.8) is 0 Å². The largest absolute Gasteiger partial charge is 0.374 e. The van der Waals surface area contributed by atoms with Crippen molar-refractivity contribution in [3.8, 4) is 0 Å². The fraction of sp³-hybridized carbons (Fsp3) is 0.562. The predicted octanol–water partition coefficient (Wildman–Crippen LogP) is 0.590. The molecule has 0 spiro atoms. The zero-order chi connectivity index (χ0) is 17.9. The minimum Gasteiger partial charge on any atom is -0.374 e. The Hall–Kier alpha value is -1.51. The van der Waals surface area contributed by atoms with Crippen LogP contribution < -0.4 is 10.6 Å². The zero-order valence-corrected chi connectivity index (χ0v) is 15.5. The number of piperazine rings is 1. The number of sulfone groups is 1. The second-order valence-electron chi connectivity index (χ2n) is 6.26. The smallest absolute Gasteiger partial charge is 0.191 e. The minimum absolute atomic E-state index is 0.0219. The van der Waals surface area contributed by atoms with E-state index in [0.717, 1.165) is 36.9 Å². The SMILES string of the molecule is NC(=NCC1CS(=O)(=O)CCO1)N1CCN(c2ccc(Cl)cc2)CC1. The molecule has 0 aromatic heterocycles. The van der Waals surface area contributed by atoms with Crippen molar-refractivity contribution in [3.05, 3.63) is 29.3 Å². The molecule has 7 nitrogen and oxygen atoms in total. The van der Waals surface area contributed by atoms with Gasteiger partial charge in [-0.2, -0.15) is 0 Å². The standard InChI is InChI=1S/C16H23ClN4O3S/c17-13-1-3-14(4-2-13)20-5-7-21(8-6-20)16(18)19-11-15-12-25(22,23)10-9-24-15/h1-4,15H,5-12H2,(H2,18,19). The molecule has 9 heteroatoms. The minimum atomic E-state index is -3.01. The van der Waals surface area contributed by atoms with Crippen molar-refractivity contribution < 1.29 is 13.2 Å². The summed E-state index contributed by atoms with van der Waals surface area (Å²) in [5.74, 6) is 0.561. The molecule has 2 aliphatic heterocycles. The van der Waals surface area contributed by atoms with Gasteiger partial charge in [-0.15, -0.1) is 0 Å². The van der Waals surface area contributed by atoms with Gasteiger partial charge in [-0.3, -0.25) is 4.99 Å². The second-order valence-corrected chi connectivity index (χ2v) is 8.92. The molecule has 1 aromatic rings. The highest BCUT2D eigenvalue weighted by Crippen LogP contribution is 2.19. The number of hydrogen-bond acceptors (Lipinski definition) is 5. The Morgan fingerprint density at radius 3 is 2.56 bits per heavy atom. The molecule has 0 amide bonds. The molecule has 2 aliphatic rings. The predicted molar refractivity (Wildman–Crippen MR) is 100 cm³/mol. The van der Waals surface area contributed by atoms with E-state index in [1.807, 2.05) is 29.2 Å². The summed E-state index contributed by atoms with van der Waals surface area (Å²) in [6.07, 6.45) is -0.396. The normalized spacial score (nSPS) is 24.4. The van der Waals surface area contributed by atoms with Crippen LogP contribution in [0.4, 0.5) is 5.69 Å². The molecule has 2 saturated heterocycles. The van der Waals surface area contributed by atoms with Gasteiger partial charge in [0.25, 0.3) is 0 Å². The monoisotopic (exact) mass is 386 g/mol. The van der Waals surface area contributed by atoms with Crippen molar-refractivity contribution in [2.45, 2.75) is 6.10 Å². The number of nitrogens with two attached hydrogens (primary N) is 1. The number of halogens is 1. The highest BCUT2D eigenvalue weighted by Gasteiger charge is 2.25. The molecule has 2 fully saturated rings. The summed E-state index contributed by atoms with van der Waals surface area (Å²) >= 11 is 5.92. The third kappa shape index (κ3) is 4.99. The average molecular weight is 387 g/mol. The first-order valence-corrected chi connectivity index (χ1v) is 10.5. The molecule has 25 heavy (non-hydrogen) atoms. The van der Waals surface area contributed by atoms with E-state index >= 15 is 0 Å². The molecule has 1 unspecified atom stereocenters. The van der Waals surface area contributed by atoms with E-state index in [1.54, 1.807) is 0 Å². The lowest BCUT2D eigenvalue weighted by molar-refractivity contribution is 0.0781. The van der Waals surface area contributed by atoms with E-state index in [9.17, 15) is 8.42 Å². The summed E-state index contributed by atoms with van der Waals surface area (Å²) in [4.78, 5) is 8.63. The van der Waals surface area contributed by atoms with Crippen molar-refractivity contribution in [1.82, 2.24) is 4.90 Å². The lowest BCUT2D eigenvalue weighted by Crippen LogP contribution is -2.51. The molecule has 0 saturated carbocycles. The average Bonchev–Trinajstić information content (AvgIpc) is 2.60. The van der Waals surface area contributed by atoms with Gasteiger partial charge in [-0.1, -0.05) is 11.6 Å². The number of ether oxygens (including phenoxy) is 1. The van der Waals surface area contributed by atoms with Crippen molar-refractivity contribution >= 4 is 33.1 Å². The first kappa shape index (κ1) is 18.3. The summed E-state index contributed by atoms with van der Waals surface area (Å²) in [6, 6.07) is 7.79. The van der Waals surface area contributed by atoms with E-state index in [-0.39, 0.29) is 24.7 Å². The van der Waals surface area contributed by atoms with E-state index in [1.165, 1.54) is 0 Å². The highest BCUT2D eigenvalue weighted by molar-refractivity contribution is 7.91. The molecule has 3 rings (SSSR count). The maximum atomic E-state index is 11.6. The van der Waals surface area contributed by atoms with Crippen LogP contribution in [-0.4, -0.2) is 76.2 Å². The Kier molecular flexibility index (Phi) is 5.71. The quantitative estimate of drug-likeness (QED) is 0.604. The summed E-state index contributed by atoms with van der Waals surface area (Å²) in [5.41, 5.74) is 7.21. The number of hydrogen-bond donors (Lipinski definition) is 1. The molecule has 2 heterocycles. The summed E-state index contributed by atoms with van der Waals surface area (Å²) in [7, 11) is -3.01. The van der Waals surface area contributed by atoms with Crippen LogP contribution in [0.25, 0.3) is 0 Å². The number of guanidine groups is 1. The number of rotatable bonds is 3. The molecular weight excluding hydrogens is 364 g/mol. The van der Waals surface area contributed by atoms with Crippen LogP contribution in [0.15, 0.2) is 29.3 Å². The van der Waals surface area contributed by atoms with Crippen LogP contribution in [0.5, 0.6) is 0 Å². The number of anilines is 1. The van der Waals surface area contributed by atoms with E-state index in [0.29, 0.717) is 5.96 Å². The Labute approximate surface area is 153 Å². The maximum absolute atomic E-state index is 11.6. The number of aliphatic imine (C=N–C) groups is 1. The molecular formula is C16H23ClN4O3S. The zero-order valence-electron chi connectivity index (χ0n) is 14.0. The summed E-state index contributed by atoms with van der Waals surface area (Å²) in [5, 5.41) is 0.728.